The van der Waals surface area contributed by atoms with Crippen LogP contribution in [0.3, 0.4) is 0 Å². The molecule has 0 amide bonds. The molecule has 0 bridgehead atoms. The van der Waals surface area contributed by atoms with Crippen molar-refractivity contribution in [3.63, 3.8) is 0 Å². The predicted octanol–water partition coefficient (Wildman–Crippen LogP) is 2.31. The summed E-state index contributed by atoms with van der Waals surface area (Å²) in [4.78, 5) is 21.8. The summed E-state index contributed by atoms with van der Waals surface area (Å²) in [7, 11) is 0. The Kier molecular flexibility index (Phi) is 2.85. The van der Waals surface area contributed by atoms with Gasteiger partial charge in [-0.3, -0.25) is 14.9 Å². The Morgan fingerprint density at radius 2 is 2.06 bits per heavy atom. The molecule has 1 aromatic carbocycles. The molecule has 2 rings (SSSR count). The van der Waals surface area contributed by atoms with Crippen LogP contribution in [0.1, 0.15) is 21.7 Å². The third kappa shape index (κ3) is 2.08. The molecule has 0 aliphatic heterocycles. The summed E-state index contributed by atoms with van der Waals surface area (Å²) in [6.45, 7) is 1.74. The van der Waals surface area contributed by atoms with E-state index < -0.39 is 16.6 Å². The minimum atomic E-state index is -0.688. The van der Waals surface area contributed by atoms with Crippen molar-refractivity contribution in [3.8, 4) is 0 Å². The number of nitrogen functional groups attached to an aromatic ring is 1. The van der Waals surface area contributed by atoms with Crippen LogP contribution < -0.4 is 5.73 Å². The second-order valence-electron chi connectivity index (χ2n) is 3.80. The molecule has 2 N–H and O–H groups in total. The zero-order valence-electron chi connectivity index (χ0n) is 9.54. The summed E-state index contributed by atoms with van der Waals surface area (Å²) < 4.78 is 4.87. The maximum atomic E-state index is 12.1. The highest BCUT2D eigenvalue weighted by Gasteiger charge is 2.19. The van der Waals surface area contributed by atoms with Crippen LogP contribution in [-0.2, 0) is 0 Å². The van der Waals surface area contributed by atoms with Crippen molar-refractivity contribution in [2.75, 3.05) is 5.73 Å². The van der Waals surface area contributed by atoms with E-state index in [-0.39, 0.29) is 5.76 Å². The van der Waals surface area contributed by atoms with Crippen molar-refractivity contribution in [2.45, 2.75) is 6.92 Å². The van der Waals surface area contributed by atoms with E-state index in [4.69, 9.17) is 10.2 Å². The lowest BCUT2D eigenvalue weighted by atomic mass is 10.0. The van der Waals surface area contributed by atoms with Gasteiger partial charge in [0.05, 0.1) is 6.07 Å². The zero-order chi connectivity index (χ0) is 13.3. The smallest absolute Gasteiger partial charge is 0.399 e. The molecule has 0 aliphatic rings. The van der Waals surface area contributed by atoms with Gasteiger partial charge in [0.25, 0.3) is 0 Å². The third-order valence-corrected chi connectivity index (χ3v) is 2.49. The summed E-state index contributed by atoms with van der Waals surface area (Å²) in [6, 6.07) is 7.26. The highest BCUT2D eigenvalue weighted by Crippen LogP contribution is 2.21. The van der Waals surface area contributed by atoms with E-state index in [1.807, 2.05) is 0 Å². The molecule has 0 saturated heterocycles. The van der Waals surface area contributed by atoms with E-state index in [1.54, 1.807) is 25.1 Å². The molecule has 0 fully saturated rings. The van der Waals surface area contributed by atoms with Crippen molar-refractivity contribution in [2.24, 2.45) is 0 Å². The number of hydrogen-bond acceptors (Lipinski definition) is 5. The molecule has 1 aromatic heterocycles. The lowest BCUT2D eigenvalue weighted by molar-refractivity contribution is -0.402. The molecule has 2 aromatic rings. The number of carbonyl (C=O) groups excluding carboxylic acids is 1. The first kappa shape index (κ1) is 11.8. The molecule has 92 valence electrons. The number of hydrogen-bond donors (Lipinski definition) is 1. The van der Waals surface area contributed by atoms with Gasteiger partial charge in [-0.1, -0.05) is 0 Å². The van der Waals surface area contributed by atoms with Crippen LogP contribution in [0.15, 0.2) is 34.7 Å². The average molecular weight is 246 g/mol. The van der Waals surface area contributed by atoms with Gasteiger partial charge in [-0.05, 0) is 36.8 Å². The Morgan fingerprint density at radius 3 is 2.61 bits per heavy atom. The summed E-state index contributed by atoms with van der Waals surface area (Å²) >= 11 is 0. The summed E-state index contributed by atoms with van der Waals surface area (Å²) in [5.74, 6) is -0.915. The van der Waals surface area contributed by atoms with Crippen LogP contribution in [0.4, 0.5) is 11.6 Å². The molecule has 0 aliphatic carbocycles. The van der Waals surface area contributed by atoms with E-state index in [9.17, 15) is 14.9 Å². The van der Waals surface area contributed by atoms with Gasteiger partial charge in [0, 0.05) is 11.3 Å². The van der Waals surface area contributed by atoms with E-state index in [1.165, 1.54) is 6.07 Å². The van der Waals surface area contributed by atoms with Crippen molar-refractivity contribution in [1.82, 2.24) is 0 Å². The zero-order valence-corrected chi connectivity index (χ0v) is 9.54. The van der Waals surface area contributed by atoms with Crippen LogP contribution in [0.25, 0.3) is 0 Å². The number of aryl methyl sites for hydroxylation is 1. The van der Waals surface area contributed by atoms with Crippen LogP contribution >= 0.6 is 0 Å². The third-order valence-electron chi connectivity index (χ3n) is 2.49. The van der Waals surface area contributed by atoms with Crippen LogP contribution in [-0.4, -0.2) is 10.7 Å². The second-order valence-corrected chi connectivity index (χ2v) is 3.80. The first-order valence-electron chi connectivity index (χ1n) is 5.14. The molecule has 18 heavy (non-hydrogen) atoms. The number of benzene rings is 1. The van der Waals surface area contributed by atoms with Gasteiger partial charge in [0.15, 0.2) is 5.76 Å². The molecule has 1 heterocycles. The van der Waals surface area contributed by atoms with Crippen molar-refractivity contribution in [3.05, 3.63) is 57.3 Å². The number of ketones is 1. The maximum absolute atomic E-state index is 12.1. The minimum absolute atomic E-state index is 0.0606. The molecule has 6 nitrogen and oxygen atoms in total. The standard InChI is InChI=1S/C12H10N2O4/c1-7-6-8(13)2-3-9(7)12(15)10-4-5-11(18-10)14(16)17/h2-6H,13H2,1H3. The van der Waals surface area contributed by atoms with Gasteiger partial charge >= 0.3 is 5.88 Å². The van der Waals surface area contributed by atoms with E-state index in [0.717, 1.165) is 6.07 Å². The normalized spacial score (nSPS) is 10.3. The largest absolute Gasteiger partial charge is 0.433 e. The highest BCUT2D eigenvalue weighted by atomic mass is 16.6. The first-order chi connectivity index (χ1) is 8.49. The Morgan fingerprint density at radius 1 is 1.33 bits per heavy atom. The minimum Gasteiger partial charge on any atom is -0.399 e. The Bertz CT molecular complexity index is 631. The molecule has 0 radical (unpaired) electrons. The molecule has 0 saturated carbocycles. The maximum Gasteiger partial charge on any atom is 0.433 e. The van der Waals surface area contributed by atoms with Gasteiger partial charge in [-0.15, -0.1) is 0 Å². The molecular formula is C12H10N2O4. The van der Waals surface area contributed by atoms with Crippen molar-refractivity contribution < 1.29 is 14.1 Å². The van der Waals surface area contributed by atoms with Crippen molar-refractivity contribution >= 4 is 17.4 Å². The number of rotatable bonds is 3. The Hall–Kier alpha value is -2.63. The first-order valence-corrected chi connectivity index (χ1v) is 5.14. The number of furan rings is 1. The second kappa shape index (κ2) is 4.33. The van der Waals surface area contributed by atoms with Crippen LogP contribution in [0, 0.1) is 17.0 Å². The number of carbonyl (C=O) groups is 1. The average Bonchev–Trinajstić information content (AvgIpc) is 2.77. The van der Waals surface area contributed by atoms with Gasteiger partial charge in [-0.2, -0.15) is 0 Å². The van der Waals surface area contributed by atoms with E-state index >= 15 is 0 Å². The number of nitrogens with two attached hydrogens (primary N) is 1. The molecule has 0 unspecified atom stereocenters. The number of nitro groups is 1. The highest BCUT2D eigenvalue weighted by molar-refractivity contribution is 6.08. The van der Waals surface area contributed by atoms with E-state index in [2.05, 4.69) is 0 Å². The Labute approximate surface area is 102 Å². The van der Waals surface area contributed by atoms with Gasteiger partial charge < -0.3 is 10.2 Å². The summed E-state index contributed by atoms with van der Waals surface area (Å²) in [5, 5.41) is 10.5. The fourth-order valence-electron chi connectivity index (χ4n) is 1.62. The fourth-order valence-corrected chi connectivity index (χ4v) is 1.62. The monoisotopic (exact) mass is 246 g/mol. The van der Waals surface area contributed by atoms with E-state index in [0.29, 0.717) is 16.8 Å². The molecular weight excluding hydrogens is 236 g/mol. The van der Waals surface area contributed by atoms with Crippen molar-refractivity contribution in [1.29, 1.82) is 0 Å². The lowest BCUT2D eigenvalue weighted by Gasteiger charge is -2.03. The lowest BCUT2D eigenvalue weighted by Crippen LogP contribution is -2.03. The van der Waals surface area contributed by atoms with Gasteiger partial charge in [0.1, 0.15) is 4.92 Å². The number of anilines is 1. The fraction of sp³-hybridized carbons (Fsp3) is 0.0833. The SMILES string of the molecule is Cc1cc(N)ccc1C(=O)c1ccc([N+](=O)[O-])o1. The van der Waals surface area contributed by atoms with Gasteiger partial charge in [0.2, 0.25) is 5.78 Å². The topological polar surface area (TPSA) is 99.4 Å². The quantitative estimate of drug-likeness (QED) is 0.387. The number of nitrogens with zero attached hydrogens (tertiary/aromatic N) is 1. The molecule has 0 atom stereocenters. The molecule has 6 heteroatoms. The Balaban J connectivity index is 2.38. The summed E-state index contributed by atoms with van der Waals surface area (Å²) in [6.07, 6.45) is 0. The predicted molar refractivity (Wildman–Crippen MR) is 64.4 cm³/mol. The van der Waals surface area contributed by atoms with Crippen LogP contribution in [0.2, 0.25) is 0 Å². The molecule has 0 spiro atoms. The summed E-state index contributed by atoms with van der Waals surface area (Å²) in [5.41, 5.74) is 7.24. The van der Waals surface area contributed by atoms with Gasteiger partial charge in [-0.25, -0.2) is 0 Å². The van der Waals surface area contributed by atoms with Crippen LogP contribution in [0.5, 0.6) is 0 Å².